The summed E-state index contributed by atoms with van der Waals surface area (Å²) in [6.07, 6.45) is 4.62. The molecule has 0 unspecified atom stereocenters. The Kier molecular flexibility index (Phi) is 2.99. The number of carbonyl (C=O) groups excluding carboxylic acids is 1. The van der Waals surface area contributed by atoms with Crippen molar-refractivity contribution >= 4 is 5.78 Å². The molecular formula is C15H24O3. The van der Waals surface area contributed by atoms with Gasteiger partial charge in [-0.1, -0.05) is 19.9 Å². The first kappa shape index (κ1) is 13.8. The van der Waals surface area contributed by atoms with Gasteiger partial charge in [0.05, 0.1) is 17.1 Å². The summed E-state index contributed by atoms with van der Waals surface area (Å²) in [5, 5.41) is 20.9. The molecule has 2 aliphatic carbocycles. The Labute approximate surface area is 109 Å². The molecule has 0 radical (unpaired) electrons. The molecule has 0 heterocycles. The highest BCUT2D eigenvalue weighted by Gasteiger charge is 2.57. The number of carbonyl (C=O) groups is 1. The molecule has 2 N–H and O–H groups in total. The second-order valence-corrected chi connectivity index (χ2v) is 7.14. The van der Waals surface area contributed by atoms with E-state index in [0.29, 0.717) is 12.8 Å². The molecule has 2 rings (SSSR count). The van der Waals surface area contributed by atoms with Crippen LogP contribution < -0.4 is 0 Å². The van der Waals surface area contributed by atoms with Gasteiger partial charge < -0.3 is 10.2 Å². The molecule has 0 aliphatic heterocycles. The van der Waals surface area contributed by atoms with Crippen LogP contribution in [0.25, 0.3) is 0 Å². The quantitative estimate of drug-likeness (QED) is 0.694. The summed E-state index contributed by atoms with van der Waals surface area (Å²) >= 11 is 0. The second-order valence-electron chi connectivity index (χ2n) is 7.14. The summed E-state index contributed by atoms with van der Waals surface area (Å²) in [5.41, 5.74) is -1.86. The van der Waals surface area contributed by atoms with Crippen molar-refractivity contribution in [2.75, 3.05) is 0 Å². The SMILES string of the molecule is CC1(C)C=CC(=O)[C@@]2(C)[C@H](O)CC[C@@](C)(O)[C@@H]2C1. The van der Waals surface area contributed by atoms with Gasteiger partial charge in [-0.15, -0.1) is 0 Å². The lowest BCUT2D eigenvalue weighted by Gasteiger charge is -2.51. The third kappa shape index (κ3) is 1.94. The number of hydrogen-bond acceptors (Lipinski definition) is 3. The molecule has 0 spiro atoms. The molecule has 0 bridgehead atoms. The molecule has 18 heavy (non-hydrogen) atoms. The van der Waals surface area contributed by atoms with E-state index in [1.807, 2.05) is 13.0 Å². The van der Waals surface area contributed by atoms with Gasteiger partial charge in [-0.25, -0.2) is 0 Å². The van der Waals surface area contributed by atoms with E-state index in [4.69, 9.17) is 0 Å². The Morgan fingerprint density at radius 2 is 1.89 bits per heavy atom. The van der Waals surface area contributed by atoms with E-state index in [0.717, 1.165) is 6.42 Å². The largest absolute Gasteiger partial charge is 0.392 e. The first-order chi connectivity index (χ1) is 8.09. The molecule has 2 aliphatic rings. The Balaban J connectivity index is 2.52. The fraction of sp³-hybridized carbons (Fsp3) is 0.800. The summed E-state index contributed by atoms with van der Waals surface area (Å²) in [5.74, 6) is -0.253. The smallest absolute Gasteiger partial charge is 0.164 e. The molecule has 1 saturated carbocycles. The minimum absolute atomic E-state index is 0.0504. The van der Waals surface area contributed by atoms with E-state index in [9.17, 15) is 15.0 Å². The monoisotopic (exact) mass is 252 g/mol. The summed E-state index contributed by atoms with van der Waals surface area (Å²) in [6, 6.07) is 0. The highest BCUT2D eigenvalue weighted by molar-refractivity contribution is 5.96. The van der Waals surface area contributed by atoms with Crippen molar-refractivity contribution in [1.29, 1.82) is 0 Å². The molecule has 0 aromatic heterocycles. The molecule has 3 heteroatoms. The van der Waals surface area contributed by atoms with Crippen LogP contribution in [-0.4, -0.2) is 27.7 Å². The van der Waals surface area contributed by atoms with Crippen molar-refractivity contribution in [1.82, 2.24) is 0 Å². The maximum absolute atomic E-state index is 12.4. The maximum Gasteiger partial charge on any atom is 0.164 e. The number of aliphatic hydroxyl groups is 2. The van der Waals surface area contributed by atoms with Gasteiger partial charge in [0.2, 0.25) is 0 Å². The van der Waals surface area contributed by atoms with Crippen LogP contribution in [0.4, 0.5) is 0 Å². The van der Waals surface area contributed by atoms with Crippen LogP contribution in [0.1, 0.15) is 47.0 Å². The van der Waals surface area contributed by atoms with Crippen LogP contribution in [0.15, 0.2) is 12.2 Å². The first-order valence-corrected chi connectivity index (χ1v) is 6.74. The number of allylic oxidation sites excluding steroid dienone is 2. The van der Waals surface area contributed by atoms with Crippen LogP contribution in [0.5, 0.6) is 0 Å². The lowest BCUT2D eigenvalue weighted by molar-refractivity contribution is -0.169. The molecule has 0 amide bonds. The Hall–Kier alpha value is -0.670. The number of ketones is 1. The van der Waals surface area contributed by atoms with E-state index in [1.165, 1.54) is 0 Å². The lowest BCUT2D eigenvalue weighted by Crippen LogP contribution is -2.58. The predicted molar refractivity (Wildman–Crippen MR) is 70.0 cm³/mol. The van der Waals surface area contributed by atoms with Crippen LogP contribution in [0.3, 0.4) is 0 Å². The minimum atomic E-state index is -0.882. The maximum atomic E-state index is 12.4. The topological polar surface area (TPSA) is 57.5 Å². The van der Waals surface area contributed by atoms with Gasteiger partial charge in [0.25, 0.3) is 0 Å². The van der Waals surface area contributed by atoms with E-state index in [1.54, 1.807) is 13.0 Å². The van der Waals surface area contributed by atoms with Gasteiger partial charge in [0, 0.05) is 5.92 Å². The average molecular weight is 252 g/mol. The van der Waals surface area contributed by atoms with E-state index in [-0.39, 0.29) is 17.1 Å². The third-order valence-electron chi connectivity index (χ3n) is 5.04. The Bertz CT molecular complexity index is 395. The van der Waals surface area contributed by atoms with Crippen molar-refractivity contribution in [3.05, 3.63) is 12.2 Å². The Morgan fingerprint density at radius 3 is 2.50 bits per heavy atom. The highest BCUT2D eigenvalue weighted by Crippen LogP contribution is 2.53. The van der Waals surface area contributed by atoms with Gasteiger partial charge in [0.1, 0.15) is 0 Å². The summed E-state index contributed by atoms with van der Waals surface area (Å²) < 4.78 is 0. The molecule has 102 valence electrons. The molecule has 3 nitrogen and oxygen atoms in total. The van der Waals surface area contributed by atoms with Crippen LogP contribution in [0.2, 0.25) is 0 Å². The van der Waals surface area contributed by atoms with Gasteiger partial charge >= 0.3 is 0 Å². The molecule has 0 aromatic carbocycles. The van der Waals surface area contributed by atoms with Crippen molar-refractivity contribution < 1.29 is 15.0 Å². The van der Waals surface area contributed by atoms with Crippen LogP contribution >= 0.6 is 0 Å². The summed E-state index contributed by atoms with van der Waals surface area (Å²) in [4.78, 5) is 12.4. The molecule has 1 fully saturated rings. The van der Waals surface area contributed by atoms with E-state index < -0.39 is 17.1 Å². The molecule has 0 aromatic rings. The third-order valence-corrected chi connectivity index (χ3v) is 5.04. The fourth-order valence-electron chi connectivity index (χ4n) is 3.62. The second kappa shape index (κ2) is 3.91. The van der Waals surface area contributed by atoms with Crippen molar-refractivity contribution in [3.8, 4) is 0 Å². The first-order valence-electron chi connectivity index (χ1n) is 6.74. The fourth-order valence-corrected chi connectivity index (χ4v) is 3.62. The zero-order chi connectivity index (χ0) is 13.8. The predicted octanol–water partition coefficient (Wildman–Crippen LogP) is 2.07. The number of aliphatic hydroxyl groups excluding tert-OH is 1. The molecule has 4 atom stereocenters. The van der Waals surface area contributed by atoms with Crippen LogP contribution in [-0.2, 0) is 4.79 Å². The zero-order valence-corrected chi connectivity index (χ0v) is 11.7. The molecule has 0 saturated heterocycles. The Morgan fingerprint density at radius 1 is 1.28 bits per heavy atom. The van der Waals surface area contributed by atoms with Crippen molar-refractivity contribution in [3.63, 3.8) is 0 Å². The number of fused-ring (bicyclic) bond motifs is 1. The standard InChI is InChI=1S/C15H24O3/c1-13(2)7-5-11(16)15(4)10(9-13)14(3,18)8-6-12(15)17/h5,7,10,12,17-18H,6,8-9H2,1-4H3/t10-,12+,14+,15-/m0/s1. The summed E-state index contributed by atoms with van der Waals surface area (Å²) in [6.45, 7) is 7.75. The summed E-state index contributed by atoms with van der Waals surface area (Å²) in [7, 11) is 0. The van der Waals surface area contributed by atoms with Gasteiger partial charge in [-0.05, 0) is 44.6 Å². The van der Waals surface area contributed by atoms with Gasteiger partial charge in [0.15, 0.2) is 5.78 Å². The number of rotatable bonds is 0. The van der Waals surface area contributed by atoms with E-state index >= 15 is 0 Å². The van der Waals surface area contributed by atoms with E-state index in [2.05, 4.69) is 13.8 Å². The van der Waals surface area contributed by atoms with Crippen LogP contribution in [0, 0.1) is 16.7 Å². The van der Waals surface area contributed by atoms with Crippen molar-refractivity contribution in [2.45, 2.75) is 58.7 Å². The van der Waals surface area contributed by atoms with Gasteiger partial charge in [-0.2, -0.15) is 0 Å². The van der Waals surface area contributed by atoms with Gasteiger partial charge in [-0.3, -0.25) is 4.79 Å². The minimum Gasteiger partial charge on any atom is -0.392 e. The molecular weight excluding hydrogens is 228 g/mol. The number of hydrogen-bond donors (Lipinski definition) is 2. The average Bonchev–Trinajstić information content (AvgIpc) is 2.35. The zero-order valence-electron chi connectivity index (χ0n) is 11.7. The highest BCUT2D eigenvalue weighted by atomic mass is 16.3. The lowest BCUT2D eigenvalue weighted by atomic mass is 9.55. The normalized spacial score (nSPS) is 47.6. The van der Waals surface area contributed by atoms with Crippen molar-refractivity contribution in [2.24, 2.45) is 16.7 Å².